The van der Waals surface area contributed by atoms with Crippen molar-refractivity contribution in [2.24, 2.45) is 0 Å². The molecule has 0 amide bonds. The molecule has 1 aromatic heterocycles. The standard InChI is InChI=1S/C14H16FNS/c1-10-5-12(3-4-14(10)15)6-16-7-13-9-17-8-11(13)2/h3-5,8-9,16H,6-7H2,1-2H3. The van der Waals surface area contributed by atoms with E-state index in [0.29, 0.717) is 5.56 Å². The summed E-state index contributed by atoms with van der Waals surface area (Å²) in [6.45, 7) is 5.56. The van der Waals surface area contributed by atoms with Crippen molar-refractivity contribution in [2.75, 3.05) is 0 Å². The Morgan fingerprint density at radius 2 is 1.94 bits per heavy atom. The first-order chi connectivity index (χ1) is 8.16. The Bertz CT molecular complexity index is 505. The third-order valence-electron chi connectivity index (χ3n) is 2.83. The summed E-state index contributed by atoms with van der Waals surface area (Å²) in [5.41, 5.74) is 4.50. The van der Waals surface area contributed by atoms with E-state index in [2.05, 4.69) is 23.0 Å². The summed E-state index contributed by atoms with van der Waals surface area (Å²) in [7, 11) is 0. The molecule has 0 aliphatic heterocycles. The average Bonchev–Trinajstić information content (AvgIpc) is 2.70. The summed E-state index contributed by atoms with van der Waals surface area (Å²) in [6.07, 6.45) is 0. The van der Waals surface area contributed by atoms with Crippen LogP contribution in [0.4, 0.5) is 4.39 Å². The van der Waals surface area contributed by atoms with Gasteiger partial charge in [-0.05, 0) is 52.9 Å². The molecule has 2 aromatic rings. The molecule has 0 unspecified atom stereocenters. The van der Waals surface area contributed by atoms with E-state index >= 15 is 0 Å². The minimum atomic E-state index is -0.137. The highest BCUT2D eigenvalue weighted by atomic mass is 32.1. The summed E-state index contributed by atoms with van der Waals surface area (Å²) >= 11 is 1.73. The van der Waals surface area contributed by atoms with Crippen LogP contribution in [-0.2, 0) is 13.1 Å². The van der Waals surface area contributed by atoms with Crippen LogP contribution in [-0.4, -0.2) is 0 Å². The minimum absolute atomic E-state index is 0.137. The van der Waals surface area contributed by atoms with Gasteiger partial charge in [0.1, 0.15) is 5.82 Å². The van der Waals surface area contributed by atoms with Crippen LogP contribution in [0.1, 0.15) is 22.3 Å². The first-order valence-electron chi connectivity index (χ1n) is 5.64. The van der Waals surface area contributed by atoms with Gasteiger partial charge < -0.3 is 5.32 Å². The maximum absolute atomic E-state index is 13.1. The van der Waals surface area contributed by atoms with E-state index in [1.165, 1.54) is 17.2 Å². The summed E-state index contributed by atoms with van der Waals surface area (Å²) in [5, 5.41) is 7.69. The lowest BCUT2D eigenvalue weighted by atomic mass is 10.1. The molecule has 0 bridgehead atoms. The van der Waals surface area contributed by atoms with E-state index in [4.69, 9.17) is 0 Å². The number of aryl methyl sites for hydroxylation is 2. The van der Waals surface area contributed by atoms with Gasteiger partial charge in [-0.1, -0.05) is 12.1 Å². The monoisotopic (exact) mass is 249 g/mol. The summed E-state index contributed by atoms with van der Waals surface area (Å²) in [5.74, 6) is -0.137. The Morgan fingerprint density at radius 3 is 2.59 bits per heavy atom. The molecule has 0 fully saturated rings. The fourth-order valence-corrected chi connectivity index (χ4v) is 2.58. The molecular formula is C14H16FNS. The van der Waals surface area contributed by atoms with Gasteiger partial charge in [0.15, 0.2) is 0 Å². The Hall–Kier alpha value is -1.19. The second-order valence-electron chi connectivity index (χ2n) is 4.27. The molecule has 0 radical (unpaired) electrons. The normalized spacial score (nSPS) is 10.8. The first-order valence-corrected chi connectivity index (χ1v) is 6.58. The third kappa shape index (κ3) is 3.14. The smallest absolute Gasteiger partial charge is 0.126 e. The molecule has 1 N–H and O–H groups in total. The number of benzene rings is 1. The number of rotatable bonds is 4. The number of halogens is 1. The van der Waals surface area contributed by atoms with E-state index in [0.717, 1.165) is 18.7 Å². The van der Waals surface area contributed by atoms with Crippen molar-refractivity contribution >= 4 is 11.3 Å². The van der Waals surface area contributed by atoms with Crippen LogP contribution in [0.2, 0.25) is 0 Å². The van der Waals surface area contributed by atoms with Gasteiger partial charge in [0, 0.05) is 13.1 Å². The van der Waals surface area contributed by atoms with Gasteiger partial charge in [-0.15, -0.1) is 0 Å². The number of nitrogens with one attached hydrogen (secondary N) is 1. The van der Waals surface area contributed by atoms with Crippen LogP contribution in [0.15, 0.2) is 29.0 Å². The number of thiophene rings is 1. The molecule has 1 aromatic carbocycles. The zero-order chi connectivity index (χ0) is 12.3. The summed E-state index contributed by atoms with van der Waals surface area (Å²) in [4.78, 5) is 0. The molecule has 0 aliphatic rings. The second kappa shape index (κ2) is 5.43. The van der Waals surface area contributed by atoms with Crippen LogP contribution < -0.4 is 5.32 Å². The van der Waals surface area contributed by atoms with E-state index in [1.807, 2.05) is 12.1 Å². The van der Waals surface area contributed by atoms with Crippen LogP contribution >= 0.6 is 11.3 Å². The van der Waals surface area contributed by atoms with Gasteiger partial charge in [-0.2, -0.15) is 11.3 Å². The Balaban J connectivity index is 1.90. The zero-order valence-corrected chi connectivity index (χ0v) is 10.9. The highest BCUT2D eigenvalue weighted by Gasteiger charge is 2.01. The van der Waals surface area contributed by atoms with Crippen molar-refractivity contribution in [3.8, 4) is 0 Å². The fourth-order valence-electron chi connectivity index (χ4n) is 1.73. The third-order valence-corrected chi connectivity index (χ3v) is 3.74. The van der Waals surface area contributed by atoms with Gasteiger partial charge in [-0.3, -0.25) is 0 Å². The molecule has 17 heavy (non-hydrogen) atoms. The first kappa shape index (κ1) is 12.3. The van der Waals surface area contributed by atoms with Crippen LogP contribution in [0.25, 0.3) is 0 Å². The predicted molar refractivity (Wildman–Crippen MR) is 70.7 cm³/mol. The van der Waals surface area contributed by atoms with Crippen LogP contribution in [0, 0.1) is 19.7 Å². The topological polar surface area (TPSA) is 12.0 Å². The maximum atomic E-state index is 13.1. The van der Waals surface area contributed by atoms with E-state index in [9.17, 15) is 4.39 Å². The molecule has 1 heterocycles. The molecule has 2 rings (SSSR count). The largest absolute Gasteiger partial charge is 0.309 e. The molecule has 0 spiro atoms. The second-order valence-corrected chi connectivity index (χ2v) is 5.01. The Kier molecular flexibility index (Phi) is 3.92. The SMILES string of the molecule is Cc1cc(CNCc2cscc2C)ccc1F. The molecule has 90 valence electrons. The van der Waals surface area contributed by atoms with Crippen LogP contribution in [0.3, 0.4) is 0 Å². The number of hydrogen-bond acceptors (Lipinski definition) is 2. The van der Waals surface area contributed by atoms with Crippen molar-refractivity contribution < 1.29 is 4.39 Å². The molecule has 3 heteroatoms. The van der Waals surface area contributed by atoms with Crippen molar-refractivity contribution in [1.82, 2.24) is 5.32 Å². The molecular weight excluding hydrogens is 233 g/mol. The highest BCUT2D eigenvalue weighted by Crippen LogP contribution is 2.14. The lowest BCUT2D eigenvalue weighted by molar-refractivity contribution is 0.615. The fraction of sp³-hybridized carbons (Fsp3) is 0.286. The predicted octanol–water partition coefficient (Wildman–Crippen LogP) is 3.79. The molecule has 0 aliphatic carbocycles. The van der Waals surface area contributed by atoms with Crippen molar-refractivity contribution in [1.29, 1.82) is 0 Å². The van der Waals surface area contributed by atoms with Crippen molar-refractivity contribution in [2.45, 2.75) is 26.9 Å². The van der Waals surface area contributed by atoms with Gasteiger partial charge in [-0.25, -0.2) is 4.39 Å². The Labute approximate surface area is 105 Å². The average molecular weight is 249 g/mol. The van der Waals surface area contributed by atoms with Crippen LogP contribution in [0.5, 0.6) is 0 Å². The molecule has 0 saturated heterocycles. The maximum Gasteiger partial charge on any atom is 0.126 e. The van der Waals surface area contributed by atoms with Crippen molar-refractivity contribution in [3.05, 3.63) is 57.0 Å². The summed E-state index contributed by atoms with van der Waals surface area (Å²) in [6, 6.07) is 5.25. The molecule has 0 saturated carbocycles. The van der Waals surface area contributed by atoms with E-state index < -0.39 is 0 Å². The minimum Gasteiger partial charge on any atom is -0.309 e. The highest BCUT2D eigenvalue weighted by molar-refractivity contribution is 7.08. The van der Waals surface area contributed by atoms with E-state index in [1.54, 1.807) is 18.3 Å². The lowest BCUT2D eigenvalue weighted by Crippen LogP contribution is -2.12. The molecule has 0 atom stereocenters. The lowest BCUT2D eigenvalue weighted by Gasteiger charge is -2.06. The Morgan fingerprint density at radius 1 is 1.12 bits per heavy atom. The zero-order valence-electron chi connectivity index (χ0n) is 10.1. The van der Waals surface area contributed by atoms with Gasteiger partial charge in [0.25, 0.3) is 0 Å². The van der Waals surface area contributed by atoms with E-state index in [-0.39, 0.29) is 5.82 Å². The van der Waals surface area contributed by atoms with Gasteiger partial charge in [0.2, 0.25) is 0 Å². The van der Waals surface area contributed by atoms with Crippen molar-refractivity contribution in [3.63, 3.8) is 0 Å². The summed E-state index contributed by atoms with van der Waals surface area (Å²) < 4.78 is 13.1. The quantitative estimate of drug-likeness (QED) is 0.869. The molecule has 1 nitrogen and oxygen atoms in total. The van der Waals surface area contributed by atoms with Gasteiger partial charge >= 0.3 is 0 Å². The number of hydrogen-bond donors (Lipinski definition) is 1. The van der Waals surface area contributed by atoms with Gasteiger partial charge in [0.05, 0.1) is 0 Å².